The third-order valence-corrected chi connectivity index (χ3v) is 3.80. The Bertz CT molecular complexity index is 442. The normalized spacial score (nSPS) is 11.0. The molecule has 0 amide bonds. The zero-order valence-electron chi connectivity index (χ0n) is 13.9. The highest BCUT2D eigenvalue weighted by Crippen LogP contribution is 2.34. The van der Waals surface area contributed by atoms with Gasteiger partial charge in [0.25, 0.3) is 0 Å². The Morgan fingerprint density at radius 2 is 1.05 bits per heavy atom. The van der Waals surface area contributed by atoms with E-state index in [4.69, 9.17) is 9.47 Å². The van der Waals surface area contributed by atoms with Crippen LogP contribution in [0.2, 0.25) is 0 Å². The smallest absolute Gasteiger partial charge is 0.205 e. The van der Waals surface area contributed by atoms with Gasteiger partial charge in [-0.25, -0.2) is 0 Å². The zero-order chi connectivity index (χ0) is 15.0. The number of ether oxygens (including phenoxy) is 2. The molecule has 124 valence electrons. The predicted molar refractivity (Wildman–Crippen MR) is 94.5 cm³/mol. The minimum absolute atomic E-state index is 0. The fourth-order valence-electron chi connectivity index (χ4n) is 2.46. The molecule has 0 radical (unpaired) electrons. The number of benzene rings is 1. The first-order valence-corrected chi connectivity index (χ1v) is 7.00. The minimum atomic E-state index is -0.613. The molecule has 1 aromatic rings. The third-order valence-electron chi connectivity index (χ3n) is 3.80. The van der Waals surface area contributed by atoms with Gasteiger partial charge in [-0.05, 0) is 76.3 Å². The Kier molecular flexibility index (Phi) is 8.31. The molecule has 1 rings (SSSR count). The fraction of sp³-hybridized carbons (Fsp3) is 0.684. The van der Waals surface area contributed by atoms with Crippen molar-refractivity contribution in [1.29, 1.82) is 0 Å². The molecule has 0 unspecified atom stereocenters. The van der Waals surface area contributed by atoms with Crippen molar-refractivity contribution in [3.8, 4) is 5.75 Å². The summed E-state index contributed by atoms with van der Waals surface area (Å²) in [6, 6.07) is 0. The van der Waals surface area contributed by atoms with Gasteiger partial charge in [-0.1, -0.05) is 14.9 Å². The average Bonchev–Trinajstić information content (AvgIpc) is 2.28. The molecule has 21 heavy (non-hydrogen) atoms. The lowest BCUT2D eigenvalue weighted by Crippen LogP contribution is -2.35. The van der Waals surface area contributed by atoms with E-state index in [0.29, 0.717) is 0 Å². The summed E-state index contributed by atoms with van der Waals surface area (Å²) in [5.74, 6) is 0.351. The maximum absolute atomic E-state index is 6.17. The molecule has 0 fully saturated rings. The zero-order valence-corrected chi connectivity index (χ0v) is 13.9. The van der Waals surface area contributed by atoms with Crippen LogP contribution in [0.4, 0.5) is 0 Å². The highest BCUT2D eigenvalue weighted by atomic mass is 16.7. The van der Waals surface area contributed by atoms with Crippen LogP contribution >= 0.6 is 0 Å². The van der Waals surface area contributed by atoms with Crippen molar-refractivity contribution in [2.24, 2.45) is 0 Å². The van der Waals surface area contributed by atoms with E-state index < -0.39 is 5.79 Å². The van der Waals surface area contributed by atoms with Crippen LogP contribution in [0.1, 0.15) is 70.4 Å². The van der Waals surface area contributed by atoms with E-state index in [1.165, 1.54) is 27.8 Å². The van der Waals surface area contributed by atoms with Crippen LogP contribution in [0.15, 0.2) is 0 Å². The van der Waals surface area contributed by atoms with Crippen LogP contribution in [0.5, 0.6) is 5.75 Å². The van der Waals surface area contributed by atoms with E-state index in [2.05, 4.69) is 34.6 Å². The molecule has 2 heteroatoms. The summed E-state index contributed by atoms with van der Waals surface area (Å²) in [6.07, 6.45) is 0.142. The molecule has 0 aliphatic heterocycles. The first-order valence-electron chi connectivity index (χ1n) is 7.00. The van der Waals surface area contributed by atoms with Gasteiger partial charge in [0.15, 0.2) is 0 Å². The first-order chi connectivity index (χ1) is 8.57. The molecule has 0 aliphatic carbocycles. The second-order valence-electron chi connectivity index (χ2n) is 6.12. The molecule has 0 aromatic heterocycles. The molecule has 0 bridgehead atoms. The van der Waals surface area contributed by atoms with Crippen LogP contribution < -0.4 is 4.74 Å². The van der Waals surface area contributed by atoms with Gasteiger partial charge in [-0.3, -0.25) is 0 Å². The number of hydrogen-bond donors (Lipinski definition) is 0. The SMILES string of the molecule is C.C.Cc1c(C)c(C)c(OC(C)(C)OC(C)C)c(C)c1C. The fourth-order valence-corrected chi connectivity index (χ4v) is 2.46. The molecule has 0 spiro atoms. The lowest BCUT2D eigenvalue weighted by atomic mass is 9.94. The Labute approximate surface area is 132 Å². The summed E-state index contributed by atoms with van der Waals surface area (Å²) in [4.78, 5) is 0. The van der Waals surface area contributed by atoms with Gasteiger partial charge < -0.3 is 9.47 Å². The standard InChI is InChI=1S/C17H28O2.2CH4/c1-10(2)18-17(8,9)19-16-14(6)12(4)11(3)13(5)15(16)7;;/h10H,1-9H3;2*1H4. The van der Waals surface area contributed by atoms with Crippen LogP contribution in [0.3, 0.4) is 0 Å². The summed E-state index contributed by atoms with van der Waals surface area (Å²) in [5, 5.41) is 0. The largest absolute Gasteiger partial charge is 0.462 e. The average molecular weight is 296 g/mol. The molecule has 0 N–H and O–H groups in total. The van der Waals surface area contributed by atoms with E-state index in [9.17, 15) is 0 Å². The number of rotatable bonds is 4. The van der Waals surface area contributed by atoms with E-state index in [-0.39, 0.29) is 21.0 Å². The van der Waals surface area contributed by atoms with Crippen LogP contribution in [0.25, 0.3) is 0 Å². The van der Waals surface area contributed by atoms with Gasteiger partial charge in [0, 0.05) is 13.8 Å². The molecule has 0 atom stereocenters. The minimum Gasteiger partial charge on any atom is -0.462 e. The predicted octanol–water partition coefficient (Wildman–Crippen LogP) is 6.04. The molecule has 0 heterocycles. The number of hydrogen-bond acceptors (Lipinski definition) is 2. The highest BCUT2D eigenvalue weighted by molar-refractivity contribution is 5.53. The van der Waals surface area contributed by atoms with Crippen molar-refractivity contribution >= 4 is 0 Å². The van der Waals surface area contributed by atoms with Gasteiger partial charge in [-0.15, -0.1) is 0 Å². The van der Waals surface area contributed by atoms with E-state index >= 15 is 0 Å². The van der Waals surface area contributed by atoms with Crippen molar-refractivity contribution < 1.29 is 9.47 Å². The molecule has 0 aliphatic rings. The monoisotopic (exact) mass is 296 g/mol. The lowest BCUT2D eigenvalue weighted by molar-refractivity contribution is -0.179. The van der Waals surface area contributed by atoms with Crippen molar-refractivity contribution in [2.75, 3.05) is 0 Å². The summed E-state index contributed by atoms with van der Waals surface area (Å²) >= 11 is 0. The van der Waals surface area contributed by atoms with Crippen molar-refractivity contribution in [1.82, 2.24) is 0 Å². The van der Waals surface area contributed by atoms with Crippen molar-refractivity contribution in [3.05, 3.63) is 27.8 Å². The second-order valence-corrected chi connectivity index (χ2v) is 6.12. The molecule has 2 nitrogen and oxygen atoms in total. The van der Waals surface area contributed by atoms with Gasteiger partial charge in [0.1, 0.15) is 5.75 Å². The van der Waals surface area contributed by atoms with E-state index in [0.717, 1.165) is 5.75 Å². The lowest BCUT2D eigenvalue weighted by Gasteiger charge is -2.31. The first kappa shape index (κ1) is 22.3. The Morgan fingerprint density at radius 3 is 1.38 bits per heavy atom. The van der Waals surface area contributed by atoms with Crippen molar-refractivity contribution in [3.63, 3.8) is 0 Å². The highest BCUT2D eigenvalue weighted by Gasteiger charge is 2.25. The van der Waals surface area contributed by atoms with Crippen molar-refractivity contribution in [2.45, 2.75) is 89.1 Å². The van der Waals surface area contributed by atoms with Gasteiger partial charge >= 0.3 is 0 Å². The summed E-state index contributed by atoms with van der Waals surface area (Å²) < 4.78 is 12.0. The Morgan fingerprint density at radius 1 is 0.714 bits per heavy atom. The van der Waals surface area contributed by atoms with E-state index in [1.54, 1.807) is 0 Å². The van der Waals surface area contributed by atoms with Gasteiger partial charge in [0.2, 0.25) is 5.79 Å². The Hall–Kier alpha value is -1.02. The Balaban J connectivity index is 0. The molecule has 0 saturated carbocycles. The molecule has 1 aromatic carbocycles. The van der Waals surface area contributed by atoms with E-state index in [1.807, 2.05) is 27.7 Å². The van der Waals surface area contributed by atoms with Gasteiger partial charge in [0.05, 0.1) is 6.10 Å². The van der Waals surface area contributed by atoms with Crippen LogP contribution in [-0.2, 0) is 4.74 Å². The topological polar surface area (TPSA) is 18.5 Å². The second kappa shape index (κ2) is 7.84. The molecule has 0 saturated heterocycles. The summed E-state index contributed by atoms with van der Waals surface area (Å²) in [6.45, 7) is 18.7. The maximum Gasteiger partial charge on any atom is 0.205 e. The molecular weight excluding hydrogens is 260 g/mol. The quantitative estimate of drug-likeness (QED) is 0.630. The summed E-state index contributed by atoms with van der Waals surface area (Å²) in [7, 11) is 0. The van der Waals surface area contributed by atoms with Crippen LogP contribution in [0, 0.1) is 34.6 Å². The van der Waals surface area contributed by atoms with Crippen LogP contribution in [-0.4, -0.2) is 11.9 Å². The third kappa shape index (κ3) is 5.03. The maximum atomic E-state index is 6.17. The molecular formula is C19H36O2. The summed E-state index contributed by atoms with van der Waals surface area (Å²) in [5.41, 5.74) is 6.38. The van der Waals surface area contributed by atoms with Gasteiger partial charge in [-0.2, -0.15) is 0 Å².